The van der Waals surface area contributed by atoms with Crippen molar-refractivity contribution in [3.8, 4) is 0 Å². The number of hydrogen-bond acceptors (Lipinski definition) is 3. The molecule has 29 heavy (non-hydrogen) atoms. The molecule has 0 aliphatic rings. The van der Waals surface area contributed by atoms with E-state index in [9.17, 15) is 9.59 Å². The lowest BCUT2D eigenvalue weighted by atomic mass is 10.0. The summed E-state index contributed by atoms with van der Waals surface area (Å²) < 4.78 is 0. The zero-order valence-corrected chi connectivity index (χ0v) is 17.6. The van der Waals surface area contributed by atoms with Gasteiger partial charge in [-0.05, 0) is 35.4 Å². The minimum absolute atomic E-state index is 0.0431. The smallest absolute Gasteiger partial charge is 0.271 e. The highest BCUT2D eigenvalue weighted by molar-refractivity contribution is 8.00. The van der Waals surface area contributed by atoms with E-state index in [1.54, 1.807) is 24.3 Å². The molecule has 0 spiro atoms. The lowest BCUT2D eigenvalue weighted by Crippen LogP contribution is -2.42. The molecule has 2 amide bonds. The third kappa shape index (κ3) is 6.00. The van der Waals surface area contributed by atoms with Crippen molar-refractivity contribution >= 4 is 46.8 Å². The lowest BCUT2D eigenvalue weighted by Gasteiger charge is -2.18. The van der Waals surface area contributed by atoms with E-state index >= 15 is 0 Å². The number of rotatable bonds is 6. The van der Waals surface area contributed by atoms with Gasteiger partial charge in [0.05, 0.1) is 21.6 Å². The van der Waals surface area contributed by atoms with Gasteiger partial charge in [-0.1, -0.05) is 77.8 Å². The predicted molar refractivity (Wildman–Crippen MR) is 119 cm³/mol. The fourth-order valence-electron chi connectivity index (χ4n) is 2.68. The van der Waals surface area contributed by atoms with Crippen LogP contribution in [0.25, 0.3) is 0 Å². The fourth-order valence-corrected chi connectivity index (χ4v) is 4.12. The SMILES string of the molecule is O=C(CSC(c1ccccc1)c1ccc(Cl)cc1)NNC(=O)c1ccccc1Cl. The largest absolute Gasteiger partial charge is 0.272 e. The summed E-state index contributed by atoms with van der Waals surface area (Å²) in [6, 6.07) is 24.1. The summed E-state index contributed by atoms with van der Waals surface area (Å²) in [4.78, 5) is 24.4. The van der Waals surface area contributed by atoms with Gasteiger partial charge in [-0.2, -0.15) is 0 Å². The Morgan fingerprint density at radius 3 is 2.10 bits per heavy atom. The molecule has 0 saturated heterocycles. The van der Waals surface area contributed by atoms with Crippen molar-refractivity contribution in [1.82, 2.24) is 10.9 Å². The van der Waals surface area contributed by atoms with Crippen LogP contribution in [0.4, 0.5) is 0 Å². The zero-order valence-electron chi connectivity index (χ0n) is 15.3. The van der Waals surface area contributed by atoms with Gasteiger partial charge in [-0.15, -0.1) is 11.8 Å². The molecule has 3 rings (SSSR count). The normalized spacial score (nSPS) is 11.5. The Labute approximate surface area is 183 Å². The van der Waals surface area contributed by atoms with Crippen LogP contribution in [0, 0.1) is 0 Å². The van der Waals surface area contributed by atoms with Gasteiger partial charge in [0.1, 0.15) is 0 Å². The zero-order chi connectivity index (χ0) is 20.6. The molecule has 0 fully saturated rings. The summed E-state index contributed by atoms with van der Waals surface area (Å²) in [6.45, 7) is 0. The quantitative estimate of drug-likeness (QED) is 0.508. The number of thioether (sulfide) groups is 1. The molecule has 7 heteroatoms. The number of benzene rings is 3. The maximum absolute atomic E-state index is 12.3. The predicted octanol–water partition coefficient (Wildman–Crippen LogP) is 5.28. The Kier molecular flexibility index (Phi) is 7.58. The Hall–Kier alpha value is -2.47. The third-order valence-electron chi connectivity index (χ3n) is 4.09. The van der Waals surface area contributed by atoms with Crippen LogP contribution in [0.2, 0.25) is 10.0 Å². The standard InChI is InChI=1S/C22H18Cl2N2O2S/c23-17-12-10-16(11-13-17)21(15-6-2-1-3-7-15)29-14-20(27)25-26-22(28)18-8-4-5-9-19(18)24/h1-13,21H,14H2,(H,25,27)(H,26,28). The molecule has 2 N–H and O–H groups in total. The van der Waals surface area contributed by atoms with E-state index in [0.717, 1.165) is 11.1 Å². The van der Waals surface area contributed by atoms with E-state index in [1.165, 1.54) is 11.8 Å². The van der Waals surface area contributed by atoms with E-state index in [0.29, 0.717) is 15.6 Å². The van der Waals surface area contributed by atoms with E-state index in [1.807, 2.05) is 54.6 Å². The van der Waals surface area contributed by atoms with Crippen molar-refractivity contribution in [2.24, 2.45) is 0 Å². The topological polar surface area (TPSA) is 58.2 Å². The van der Waals surface area contributed by atoms with Gasteiger partial charge in [0.15, 0.2) is 0 Å². The first-order chi connectivity index (χ1) is 14.0. The summed E-state index contributed by atoms with van der Waals surface area (Å²) in [5.74, 6) is -0.623. The van der Waals surface area contributed by atoms with Crippen LogP contribution in [0.3, 0.4) is 0 Å². The van der Waals surface area contributed by atoms with Gasteiger partial charge in [0.2, 0.25) is 5.91 Å². The van der Waals surface area contributed by atoms with Gasteiger partial charge in [0, 0.05) is 5.02 Å². The van der Waals surface area contributed by atoms with E-state index in [-0.39, 0.29) is 16.9 Å². The third-order valence-corrected chi connectivity index (χ3v) is 5.98. The molecule has 0 aromatic heterocycles. The van der Waals surface area contributed by atoms with E-state index < -0.39 is 5.91 Å². The molecule has 0 heterocycles. The summed E-state index contributed by atoms with van der Waals surface area (Å²) in [5.41, 5.74) is 7.25. The van der Waals surface area contributed by atoms with Gasteiger partial charge in [0.25, 0.3) is 5.91 Å². The number of hydrogen-bond donors (Lipinski definition) is 2. The molecule has 1 atom stereocenters. The van der Waals surface area contributed by atoms with Crippen molar-refractivity contribution in [3.05, 3.63) is 106 Å². The Balaban J connectivity index is 1.62. The van der Waals surface area contributed by atoms with Crippen LogP contribution in [0.1, 0.15) is 26.7 Å². The van der Waals surface area contributed by atoms with Gasteiger partial charge < -0.3 is 0 Å². The molecule has 0 saturated carbocycles. The van der Waals surface area contributed by atoms with Crippen LogP contribution in [0.5, 0.6) is 0 Å². The highest BCUT2D eigenvalue weighted by atomic mass is 35.5. The molecule has 0 radical (unpaired) electrons. The Morgan fingerprint density at radius 2 is 1.41 bits per heavy atom. The summed E-state index contributed by atoms with van der Waals surface area (Å²) >= 11 is 13.5. The maximum Gasteiger partial charge on any atom is 0.271 e. The van der Waals surface area contributed by atoms with Gasteiger partial charge in [-0.25, -0.2) is 0 Å². The number of hydrazine groups is 1. The minimum Gasteiger partial charge on any atom is -0.272 e. The van der Waals surface area contributed by atoms with Crippen molar-refractivity contribution in [2.75, 3.05) is 5.75 Å². The first-order valence-corrected chi connectivity index (χ1v) is 10.6. The summed E-state index contributed by atoms with van der Waals surface area (Å²) in [7, 11) is 0. The van der Waals surface area contributed by atoms with E-state index in [2.05, 4.69) is 10.9 Å². The first-order valence-electron chi connectivity index (χ1n) is 8.80. The van der Waals surface area contributed by atoms with Crippen molar-refractivity contribution < 1.29 is 9.59 Å². The highest BCUT2D eigenvalue weighted by Crippen LogP contribution is 2.35. The Bertz CT molecular complexity index is 982. The summed E-state index contributed by atoms with van der Waals surface area (Å²) in [6.07, 6.45) is 0. The molecule has 0 aliphatic carbocycles. The summed E-state index contributed by atoms with van der Waals surface area (Å²) in [5, 5.41) is 0.935. The minimum atomic E-state index is -0.466. The average Bonchev–Trinajstić information content (AvgIpc) is 2.74. The van der Waals surface area contributed by atoms with Gasteiger partial charge >= 0.3 is 0 Å². The second kappa shape index (κ2) is 10.3. The van der Waals surface area contributed by atoms with E-state index in [4.69, 9.17) is 23.2 Å². The number of carbonyl (C=O) groups excluding carboxylic acids is 2. The first kappa shape index (κ1) is 21.2. The van der Waals surface area contributed by atoms with Crippen LogP contribution in [-0.2, 0) is 4.79 Å². The maximum atomic E-state index is 12.3. The van der Waals surface area contributed by atoms with Gasteiger partial charge in [-0.3, -0.25) is 20.4 Å². The monoisotopic (exact) mass is 444 g/mol. The number of halogens is 2. The van der Waals surface area contributed by atoms with Crippen LogP contribution in [0.15, 0.2) is 78.9 Å². The lowest BCUT2D eigenvalue weighted by molar-refractivity contribution is -0.119. The molecular weight excluding hydrogens is 427 g/mol. The molecule has 0 aliphatic heterocycles. The molecule has 3 aromatic carbocycles. The molecule has 4 nitrogen and oxygen atoms in total. The van der Waals surface area contributed by atoms with Crippen molar-refractivity contribution in [1.29, 1.82) is 0 Å². The molecule has 3 aromatic rings. The van der Waals surface area contributed by atoms with Crippen LogP contribution < -0.4 is 10.9 Å². The fraction of sp³-hybridized carbons (Fsp3) is 0.0909. The number of nitrogens with one attached hydrogen (secondary N) is 2. The molecule has 148 valence electrons. The second-order valence-corrected chi connectivity index (χ2v) is 8.07. The average molecular weight is 445 g/mol. The molecular formula is C22H18Cl2N2O2S. The molecule has 1 unspecified atom stereocenters. The number of amides is 2. The van der Waals surface area contributed by atoms with Crippen LogP contribution in [-0.4, -0.2) is 17.6 Å². The Morgan fingerprint density at radius 1 is 0.793 bits per heavy atom. The van der Waals surface area contributed by atoms with Crippen molar-refractivity contribution in [3.63, 3.8) is 0 Å². The van der Waals surface area contributed by atoms with Crippen molar-refractivity contribution in [2.45, 2.75) is 5.25 Å². The number of carbonyl (C=O) groups is 2. The molecule has 0 bridgehead atoms. The highest BCUT2D eigenvalue weighted by Gasteiger charge is 2.17. The second-order valence-electron chi connectivity index (χ2n) is 6.14. The van der Waals surface area contributed by atoms with Crippen LogP contribution >= 0.6 is 35.0 Å².